The lowest BCUT2D eigenvalue weighted by atomic mass is 9.67. The van der Waals surface area contributed by atoms with Crippen molar-refractivity contribution in [2.45, 2.75) is 38.5 Å². The summed E-state index contributed by atoms with van der Waals surface area (Å²) in [5.74, 6) is -0.686. The molecular formula is C23H22N2O6. The van der Waals surface area contributed by atoms with Gasteiger partial charge in [0.25, 0.3) is 6.47 Å². The topological polar surface area (TPSA) is 122 Å². The van der Waals surface area contributed by atoms with Crippen molar-refractivity contribution >= 4 is 12.4 Å². The predicted octanol–water partition coefficient (Wildman–Crippen LogP) is 3.08. The number of aromatic amines is 1. The van der Waals surface area contributed by atoms with Crippen molar-refractivity contribution in [3.8, 4) is 5.75 Å². The van der Waals surface area contributed by atoms with E-state index in [-0.39, 0.29) is 11.5 Å². The molecule has 4 rings (SSSR count). The number of rotatable bonds is 6. The van der Waals surface area contributed by atoms with Gasteiger partial charge in [-0.3, -0.25) is 14.3 Å². The Kier molecular flexibility index (Phi) is 5.22. The molecule has 1 aromatic heterocycles. The van der Waals surface area contributed by atoms with Crippen LogP contribution in [0.5, 0.6) is 5.75 Å². The first-order chi connectivity index (χ1) is 14.8. The minimum Gasteiger partial charge on any atom is -0.478 e. The highest BCUT2D eigenvalue weighted by atomic mass is 16.5. The van der Waals surface area contributed by atoms with Crippen LogP contribution in [0, 0.1) is 5.92 Å². The van der Waals surface area contributed by atoms with Gasteiger partial charge in [-0.15, -0.1) is 0 Å². The molecule has 0 saturated carbocycles. The molecule has 0 aliphatic heterocycles. The van der Waals surface area contributed by atoms with Crippen LogP contribution in [0.4, 0.5) is 0 Å². The van der Waals surface area contributed by atoms with Crippen molar-refractivity contribution in [2.24, 2.45) is 5.92 Å². The Morgan fingerprint density at radius 3 is 2.48 bits per heavy atom. The number of nitrogens with one attached hydrogen (secondary N) is 1. The van der Waals surface area contributed by atoms with Gasteiger partial charge in [0.05, 0.1) is 11.0 Å². The van der Waals surface area contributed by atoms with Gasteiger partial charge in [0, 0.05) is 0 Å². The number of hydrogen-bond donors (Lipinski definition) is 2. The van der Waals surface area contributed by atoms with Crippen LogP contribution in [0.1, 0.15) is 58.7 Å². The fourth-order valence-corrected chi connectivity index (χ4v) is 4.68. The largest absolute Gasteiger partial charge is 0.478 e. The molecule has 3 aromatic rings. The monoisotopic (exact) mass is 422 g/mol. The zero-order chi connectivity index (χ0) is 22.2. The molecule has 0 spiro atoms. The van der Waals surface area contributed by atoms with Crippen LogP contribution in [0.25, 0.3) is 0 Å². The number of ether oxygens (including phenoxy) is 1. The SMILES string of the molecule is CC(C)CC1(c2noc(=O)[nH]2)c2ccc(OC=O)cc2CCc2cc(C(=O)O)ccc21. The number of carboxylic acids is 1. The normalized spacial score (nSPS) is 17.5. The van der Waals surface area contributed by atoms with Gasteiger partial charge in [-0.1, -0.05) is 31.1 Å². The summed E-state index contributed by atoms with van der Waals surface area (Å²) in [6, 6.07) is 10.4. The summed E-state index contributed by atoms with van der Waals surface area (Å²) in [6.45, 7) is 4.52. The van der Waals surface area contributed by atoms with Crippen LogP contribution in [0.3, 0.4) is 0 Å². The van der Waals surface area contributed by atoms with Crippen molar-refractivity contribution in [3.63, 3.8) is 0 Å². The average molecular weight is 422 g/mol. The number of H-pyrrole nitrogens is 1. The van der Waals surface area contributed by atoms with E-state index in [1.807, 2.05) is 6.07 Å². The Labute approximate surface area is 177 Å². The van der Waals surface area contributed by atoms with Gasteiger partial charge in [0.1, 0.15) is 5.75 Å². The number of carboxylic acid groups (broad SMARTS) is 1. The smallest absolute Gasteiger partial charge is 0.438 e. The highest BCUT2D eigenvalue weighted by Gasteiger charge is 2.45. The molecule has 1 heterocycles. The van der Waals surface area contributed by atoms with Crippen molar-refractivity contribution in [1.82, 2.24) is 10.1 Å². The Morgan fingerprint density at radius 2 is 1.90 bits per heavy atom. The van der Waals surface area contributed by atoms with E-state index in [4.69, 9.17) is 9.26 Å². The second-order valence-electron chi connectivity index (χ2n) is 8.16. The van der Waals surface area contributed by atoms with E-state index in [1.54, 1.807) is 30.3 Å². The van der Waals surface area contributed by atoms with Gasteiger partial charge in [-0.05, 0) is 71.7 Å². The lowest BCUT2D eigenvalue weighted by molar-refractivity contribution is -0.120. The molecule has 1 aliphatic rings. The molecule has 1 aliphatic carbocycles. The van der Waals surface area contributed by atoms with Crippen molar-refractivity contribution < 1.29 is 24.0 Å². The predicted molar refractivity (Wildman–Crippen MR) is 110 cm³/mol. The summed E-state index contributed by atoms with van der Waals surface area (Å²) >= 11 is 0. The fraction of sp³-hybridized carbons (Fsp3) is 0.304. The molecule has 1 unspecified atom stereocenters. The summed E-state index contributed by atoms with van der Waals surface area (Å²) in [6.07, 6.45) is 1.77. The molecule has 0 amide bonds. The molecule has 0 bridgehead atoms. The Hall–Kier alpha value is -3.68. The lowest BCUT2D eigenvalue weighted by Crippen LogP contribution is -2.34. The number of aromatic carboxylic acids is 1. The van der Waals surface area contributed by atoms with Crippen LogP contribution in [-0.2, 0) is 23.1 Å². The maximum atomic E-state index is 11.9. The molecule has 8 nitrogen and oxygen atoms in total. The summed E-state index contributed by atoms with van der Waals surface area (Å²) < 4.78 is 9.94. The molecule has 1 atom stereocenters. The van der Waals surface area contributed by atoms with Gasteiger partial charge >= 0.3 is 11.7 Å². The molecular weight excluding hydrogens is 400 g/mol. The first-order valence-electron chi connectivity index (χ1n) is 10.0. The molecule has 2 N–H and O–H groups in total. The van der Waals surface area contributed by atoms with Gasteiger partial charge < -0.3 is 9.84 Å². The number of aromatic nitrogens is 2. The van der Waals surface area contributed by atoms with Gasteiger partial charge in [0.15, 0.2) is 5.82 Å². The minimum atomic E-state index is -1.00. The van der Waals surface area contributed by atoms with Crippen molar-refractivity contribution in [1.29, 1.82) is 0 Å². The number of nitrogens with zero attached hydrogens (tertiary/aromatic N) is 1. The number of carbonyl (C=O) groups is 2. The third kappa shape index (κ3) is 3.54. The van der Waals surface area contributed by atoms with E-state index >= 15 is 0 Å². The first kappa shape index (κ1) is 20.6. The third-order valence-corrected chi connectivity index (χ3v) is 5.76. The summed E-state index contributed by atoms with van der Waals surface area (Å²) in [5.41, 5.74) is 2.90. The zero-order valence-corrected chi connectivity index (χ0v) is 17.2. The van der Waals surface area contributed by atoms with Crippen LogP contribution in [-0.4, -0.2) is 27.7 Å². The number of aryl methyl sites for hydroxylation is 2. The molecule has 31 heavy (non-hydrogen) atoms. The van der Waals surface area contributed by atoms with E-state index in [0.717, 1.165) is 22.3 Å². The number of fused-ring (bicyclic) bond motifs is 2. The second-order valence-corrected chi connectivity index (χ2v) is 8.16. The Bertz CT molecular complexity index is 1210. The quantitative estimate of drug-likeness (QED) is 0.585. The van der Waals surface area contributed by atoms with E-state index in [2.05, 4.69) is 24.0 Å². The molecule has 0 fully saturated rings. The van der Waals surface area contributed by atoms with E-state index in [0.29, 0.717) is 37.3 Å². The second kappa shape index (κ2) is 7.86. The van der Waals surface area contributed by atoms with Gasteiger partial charge in [-0.25, -0.2) is 9.59 Å². The van der Waals surface area contributed by atoms with Crippen LogP contribution in [0.2, 0.25) is 0 Å². The molecule has 0 saturated heterocycles. The average Bonchev–Trinajstić information content (AvgIpc) is 3.12. The van der Waals surface area contributed by atoms with E-state index < -0.39 is 17.1 Å². The van der Waals surface area contributed by atoms with Crippen molar-refractivity contribution in [2.75, 3.05) is 0 Å². The van der Waals surface area contributed by atoms with E-state index in [1.165, 1.54) is 0 Å². The summed E-state index contributed by atoms with van der Waals surface area (Å²) in [7, 11) is 0. The minimum absolute atomic E-state index is 0.196. The highest BCUT2D eigenvalue weighted by Crippen LogP contribution is 2.48. The van der Waals surface area contributed by atoms with Crippen LogP contribution in [0.15, 0.2) is 45.7 Å². The highest BCUT2D eigenvalue weighted by molar-refractivity contribution is 5.88. The first-order valence-corrected chi connectivity index (χ1v) is 10.0. The van der Waals surface area contributed by atoms with Gasteiger partial charge in [-0.2, -0.15) is 0 Å². The number of carbonyl (C=O) groups excluding carboxylic acids is 1. The van der Waals surface area contributed by atoms with Crippen molar-refractivity contribution in [3.05, 3.63) is 80.6 Å². The third-order valence-electron chi connectivity index (χ3n) is 5.76. The maximum absolute atomic E-state index is 11.9. The van der Waals surface area contributed by atoms with Gasteiger partial charge in [0.2, 0.25) is 0 Å². The van der Waals surface area contributed by atoms with E-state index in [9.17, 15) is 19.5 Å². The maximum Gasteiger partial charge on any atom is 0.438 e. The molecule has 2 aromatic carbocycles. The number of hydrogen-bond acceptors (Lipinski definition) is 6. The summed E-state index contributed by atoms with van der Waals surface area (Å²) in [4.78, 5) is 37.1. The number of benzene rings is 2. The Balaban J connectivity index is 2.07. The fourth-order valence-electron chi connectivity index (χ4n) is 4.68. The lowest BCUT2D eigenvalue weighted by Gasteiger charge is -2.35. The summed E-state index contributed by atoms with van der Waals surface area (Å²) in [5, 5.41) is 13.6. The van der Waals surface area contributed by atoms with Crippen LogP contribution < -0.4 is 10.5 Å². The molecule has 8 heteroatoms. The Morgan fingerprint density at radius 1 is 1.23 bits per heavy atom. The molecule has 0 radical (unpaired) electrons. The standard InChI is InChI=1S/C23H22N2O6/c1-13(2)11-23(21-24-22(29)31-25-21)18-7-5-16(20(27)28)9-14(18)3-4-15-10-17(30-12-26)6-8-19(15)23/h5-10,12-13H,3-4,11H2,1-2H3,(H,27,28)(H,24,25,29). The molecule has 160 valence electrons. The van der Waals surface area contributed by atoms with Crippen LogP contribution >= 0.6 is 0 Å². The zero-order valence-electron chi connectivity index (χ0n) is 17.2.